The van der Waals surface area contributed by atoms with E-state index < -0.39 is 10.9 Å². The maximum absolute atomic E-state index is 11.3. The number of rotatable bonds is 5. The first kappa shape index (κ1) is 14.2. The van der Waals surface area contributed by atoms with Crippen LogP contribution in [0, 0.1) is 10.1 Å². The number of carbonyl (C=O) groups is 1. The van der Waals surface area contributed by atoms with Gasteiger partial charge in [-0.3, -0.25) is 14.9 Å². The second-order valence-corrected chi connectivity index (χ2v) is 3.70. The lowest BCUT2D eigenvalue weighted by Crippen LogP contribution is -2.08. The Morgan fingerprint density at radius 3 is 2.56 bits per heavy atom. The van der Waals surface area contributed by atoms with Crippen molar-refractivity contribution in [1.29, 1.82) is 0 Å². The van der Waals surface area contributed by atoms with Crippen LogP contribution in [0.2, 0.25) is 0 Å². The largest absolute Gasteiger partial charge is 0.496 e. The highest BCUT2D eigenvalue weighted by molar-refractivity contribution is 6.17. The molecule has 0 amide bonds. The number of esters is 1. The van der Waals surface area contributed by atoms with E-state index in [1.54, 1.807) is 0 Å². The van der Waals surface area contributed by atoms with Crippen LogP contribution in [0.3, 0.4) is 0 Å². The quantitative estimate of drug-likeness (QED) is 0.355. The van der Waals surface area contributed by atoms with Crippen LogP contribution in [0.25, 0.3) is 0 Å². The molecule has 0 aliphatic rings. The molecule has 0 aliphatic carbocycles. The van der Waals surface area contributed by atoms with Crippen LogP contribution in [-0.4, -0.2) is 25.1 Å². The van der Waals surface area contributed by atoms with Crippen LogP contribution in [0.5, 0.6) is 5.75 Å². The lowest BCUT2D eigenvalue weighted by molar-refractivity contribution is -0.385. The fourth-order valence-corrected chi connectivity index (χ4v) is 1.81. The van der Waals surface area contributed by atoms with E-state index in [0.29, 0.717) is 11.1 Å². The fourth-order valence-electron chi connectivity index (χ4n) is 1.51. The summed E-state index contributed by atoms with van der Waals surface area (Å²) in [6.45, 7) is 0. The van der Waals surface area contributed by atoms with Crippen molar-refractivity contribution < 1.29 is 19.2 Å². The van der Waals surface area contributed by atoms with E-state index in [9.17, 15) is 14.9 Å². The third-order valence-electron chi connectivity index (χ3n) is 2.41. The van der Waals surface area contributed by atoms with Crippen molar-refractivity contribution in [3.63, 3.8) is 0 Å². The predicted molar refractivity (Wildman–Crippen MR) is 64.9 cm³/mol. The Morgan fingerprint density at radius 1 is 1.44 bits per heavy atom. The molecule has 0 spiro atoms. The van der Waals surface area contributed by atoms with Gasteiger partial charge in [-0.15, -0.1) is 11.6 Å². The summed E-state index contributed by atoms with van der Waals surface area (Å²) in [5, 5.41) is 10.8. The van der Waals surface area contributed by atoms with Crippen LogP contribution in [0.15, 0.2) is 12.1 Å². The summed E-state index contributed by atoms with van der Waals surface area (Å²) in [5.41, 5.74) is 0.831. The minimum Gasteiger partial charge on any atom is -0.496 e. The molecule has 0 saturated heterocycles. The van der Waals surface area contributed by atoms with Crippen molar-refractivity contribution in [3.8, 4) is 5.75 Å². The highest BCUT2D eigenvalue weighted by atomic mass is 35.5. The predicted octanol–water partition coefficient (Wildman–Crippen LogP) is 2.06. The number of hydrogen-bond acceptors (Lipinski definition) is 5. The molecule has 0 fully saturated rings. The summed E-state index contributed by atoms with van der Waals surface area (Å²) in [6, 6.07) is 2.58. The summed E-state index contributed by atoms with van der Waals surface area (Å²) in [6.07, 6.45) is -0.0867. The molecule has 0 radical (unpaired) electrons. The van der Waals surface area contributed by atoms with Gasteiger partial charge in [0.25, 0.3) is 5.69 Å². The van der Waals surface area contributed by atoms with E-state index in [0.717, 1.165) is 0 Å². The van der Waals surface area contributed by atoms with Crippen molar-refractivity contribution in [3.05, 3.63) is 33.4 Å². The molecule has 0 aliphatic heterocycles. The normalized spacial score (nSPS) is 9.94. The number of non-ortho nitro benzene ring substituents is 1. The number of methoxy groups -OCH3 is 2. The van der Waals surface area contributed by atoms with Gasteiger partial charge in [-0.2, -0.15) is 0 Å². The summed E-state index contributed by atoms with van der Waals surface area (Å²) in [5.74, 6) is -0.116. The van der Waals surface area contributed by atoms with Crippen LogP contribution in [-0.2, 0) is 21.8 Å². The van der Waals surface area contributed by atoms with Gasteiger partial charge in [0.2, 0.25) is 0 Å². The van der Waals surface area contributed by atoms with Crippen LogP contribution in [0.4, 0.5) is 5.69 Å². The molecule has 0 unspecified atom stereocenters. The molecule has 0 saturated carbocycles. The third-order valence-corrected chi connectivity index (χ3v) is 2.68. The van der Waals surface area contributed by atoms with Crippen LogP contribution in [0.1, 0.15) is 11.1 Å². The number of nitro benzene ring substituents is 1. The molecule has 0 heterocycles. The zero-order valence-electron chi connectivity index (χ0n) is 9.94. The van der Waals surface area contributed by atoms with E-state index in [2.05, 4.69) is 4.74 Å². The van der Waals surface area contributed by atoms with Crippen molar-refractivity contribution in [2.24, 2.45) is 0 Å². The summed E-state index contributed by atoms with van der Waals surface area (Å²) < 4.78 is 9.58. The van der Waals surface area contributed by atoms with Gasteiger partial charge in [0, 0.05) is 11.6 Å². The number of nitro groups is 1. The van der Waals surface area contributed by atoms with Gasteiger partial charge in [-0.25, -0.2) is 0 Å². The number of hydrogen-bond donors (Lipinski definition) is 0. The molecule has 7 heteroatoms. The standard InChI is InChI=1S/C11H12ClNO5/c1-17-10-5-8(13(15)16)3-7(9(10)6-12)4-11(14)18-2/h3,5H,4,6H2,1-2H3. The van der Waals surface area contributed by atoms with Crippen LogP contribution < -0.4 is 4.74 Å². The van der Waals surface area contributed by atoms with Gasteiger partial charge < -0.3 is 9.47 Å². The molecule has 18 heavy (non-hydrogen) atoms. The maximum Gasteiger partial charge on any atom is 0.309 e. The van der Waals surface area contributed by atoms with E-state index in [4.69, 9.17) is 16.3 Å². The Balaban J connectivity index is 3.30. The Morgan fingerprint density at radius 2 is 2.11 bits per heavy atom. The molecular weight excluding hydrogens is 262 g/mol. The topological polar surface area (TPSA) is 78.7 Å². The smallest absolute Gasteiger partial charge is 0.309 e. The zero-order valence-corrected chi connectivity index (χ0v) is 10.7. The van der Waals surface area contributed by atoms with Crippen molar-refractivity contribution in [1.82, 2.24) is 0 Å². The Hall–Kier alpha value is -1.82. The monoisotopic (exact) mass is 273 g/mol. The second kappa shape index (κ2) is 6.20. The average Bonchev–Trinajstić information content (AvgIpc) is 2.37. The fraction of sp³-hybridized carbons (Fsp3) is 0.364. The molecule has 1 rings (SSSR count). The average molecular weight is 274 g/mol. The van der Waals surface area contributed by atoms with E-state index >= 15 is 0 Å². The molecule has 0 N–H and O–H groups in total. The zero-order chi connectivity index (χ0) is 13.7. The van der Waals surface area contributed by atoms with Crippen molar-refractivity contribution >= 4 is 23.3 Å². The minimum atomic E-state index is -0.554. The number of ether oxygens (including phenoxy) is 2. The molecule has 6 nitrogen and oxygen atoms in total. The lowest BCUT2D eigenvalue weighted by Gasteiger charge is -2.11. The SMILES string of the molecule is COC(=O)Cc1cc([N+](=O)[O-])cc(OC)c1CCl. The first-order valence-electron chi connectivity index (χ1n) is 5.00. The molecule has 98 valence electrons. The number of carbonyl (C=O) groups excluding carboxylic acids is 1. The molecule has 0 bridgehead atoms. The first-order chi connectivity index (χ1) is 8.53. The van der Waals surface area contributed by atoms with Gasteiger partial charge in [0.15, 0.2) is 0 Å². The highest BCUT2D eigenvalue weighted by Gasteiger charge is 2.18. The Labute approximate surface area is 109 Å². The highest BCUT2D eigenvalue weighted by Crippen LogP contribution is 2.30. The number of alkyl halides is 1. The third kappa shape index (κ3) is 3.10. The number of nitrogens with zero attached hydrogens (tertiary/aromatic N) is 1. The van der Waals surface area contributed by atoms with Gasteiger partial charge >= 0.3 is 5.97 Å². The summed E-state index contributed by atoms with van der Waals surface area (Å²) >= 11 is 5.77. The number of benzene rings is 1. The number of halogens is 1. The van der Waals surface area contributed by atoms with Gasteiger partial charge in [0.05, 0.1) is 37.5 Å². The molecule has 1 aromatic carbocycles. The van der Waals surface area contributed by atoms with Crippen molar-refractivity contribution in [2.45, 2.75) is 12.3 Å². The Bertz CT molecular complexity index is 475. The molecular formula is C11H12ClNO5. The van der Waals surface area contributed by atoms with Crippen LogP contribution >= 0.6 is 11.6 Å². The Kier molecular flexibility index (Phi) is 4.91. The van der Waals surface area contributed by atoms with E-state index in [1.165, 1.54) is 26.4 Å². The minimum absolute atomic E-state index is 0.0867. The molecule has 1 aromatic rings. The van der Waals surface area contributed by atoms with E-state index in [1.807, 2.05) is 0 Å². The van der Waals surface area contributed by atoms with Gasteiger partial charge in [-0.05, 0) is 5.56 Å². The lowest BCUT2D eigenvalue weighted by atomic mass is 10.0. The maximum atomic E-state index is 11.3. The summed E-state index contributed by atoms with van der Waals surface area (Å²) in [7, 11) is 2.63. The first-order valence-corrected chi connectivity index (χ1v) is 5.53. The summed E-state index contributed by atoms with van der Waals surface area (Å²) in [4.78, 5) is 21.5. The molecule has 0 atom stereocenters. The van der Waals surface area contributed by atoms with Gasteiger partial charge in [0.1, 0.15) is 5.75 Å². The molecule has 0 aromatic heterocycles. The van der Waals surface area contributed by atoms with Crippen molar-refractivity contribution in [2.75, 3.05) is 14.2 Å². The second-order valence-electron chi connectivity index (χ2n) is 3.43. The van der Waals surface area contributed by atoms with E-state index in [-0.39, 0.29) is 23.7 Å². The van der Waals surface area contributed by atoms with Gasteiger partial charge in [-0.1, -0.05) is 0 Å².